The smallest absolute Gasteiger partial charge is 0.0549 e. The minimum Gasteiger partial charge on any atom is -0.378 e. The van der Waals surface area contributed by atoms with Crippen LogP contribution in [0, 0.1) is 17.3 Å². The fraction of sp³-hybridized carbons (Fsp3) is 0.600. The summed E-state index contributed by atoms with van der Waals surface area (Å²) in [5, 5.41) is 3.91. The Balaban J connectivity index is 1.68. The van der Waals surface area contributed by atoms with Crippen LogP contribution in [-0.2, 0) is 6.42 Å². The predicted molar refractivity (Wildman–Crippen MR) is 91.0 cm³/mol. The normalized spacial score (nSPS) is 42.5. The molecule has 3 heterocycles. The Morgan fingerprint density at radius 3 is 3.05 bits per heavy atom. The van der Waals surface area contributed by atoms with Crippen molar-refractivity contribution in [1.82, 2.24) is 4.90 Å². The zero-order valence-corrected chi connectivity index (χ0v) is 13.5. The van der Waals surface area contributed by atoms with Gasteiger partial charge in [0, 0.05) is 17.1 Å². The summed E-state index contributed by atoms with van der Waals surface area (Å²) in [4.78, 5) is 2.82. The summed E-state index contributed by atoms with van der Waals surface area (Å²) in [6.07, 6.45) is 5.21. The first-order valence-corrected chi connectivity index (χ1v) is 9.02. The van der Waals surface area contributed by atoms with Gasteiger partial charge < -0.3 is 5.32 Å². The first kappa shape index (κ1) is 13.2. The second-order valence-corrected chi connectivity index (χ2v) is 7.92. The molecule has 0 unspecified atom stereocenters. The molecule has 2 nitrogen and oxygen atoms in total. The fourth-order valence-corrected chi connectivity index (χ4v) is 6.41. The van der Waals surface area contributed by atoms with Crippen LogP contribution in [0.3, 0.4) is 0 Å². The van der Waals surface area contributed by atoms with Crippen LogP contribution in [0.5, 0.6) is 0 Å². The van der Waals surface area contributed by atoms with Gasteiger partial charge in [0.25, 0.3) is 0 Å². The monoisotopic (exact) mass is 294 g/mol. The van der Waals surface area contributed by atoms with Gasteiger partial charge in [-0.2, -0.15) is 0 Å². The molecule has 116 valence electrons. The zero-order chi connectivity index (χ0) is 14.9. The number of nitrogens with one attached hydrogen (secondary N) is 1. The van der Waals surface area contributed by atoms with Gasteiger partial charge in [-0.05, 0) is 55.8 Å². The first-order valence-electron chi connectivity index (χ1n) is 9.02. The summed E-state index contributed by atoms with van der Waals surface area (Å²) in [5.41, 5.74) is 4.78. The van der Waals surface area contributed by atoms with Crippen molar-refractivity contribution in [2.75, 3.05) is 18.4 Å². The number of hydrogen-bond donors (Lipinski definition) is 1. The number of fused-ring (bicyclic) bond motifs is 2. The molecule has 1 aromatic rings. The van der Waals surface area contributed by atoms with Crippen molar-refractivity contribution in [3.63, 3.8) is 0 Å². The summed E-state index contributed by atoms with van der Waals surface area (Å²) in [7, 11) is 0. The highest BCUT2D eigenvalue weighted by Gasteiger charge is 2.63. The maximum atomic E-state index is 4.62. The van der Waals surface area contributed by atoms with E-state index in [9.17, 15) is 0 Å². The number of nitrogens with zero attached hydrogens (tertiary/aromatic N) is 1. The summed E-state index contributed by atoms with van der Waals surface area (Å²) in [6.45, 7) is 9.60. The molecule has 1 aliphatic carbocycles. The second-order valence-electron chi connectivity index (χ2n) is 7.92. The number of hydrogen-bond acceptors (Lipinski definition) is 2. The average molecular weight is 294 g/mol. The Morgan fingerprint density at radius 2 is 2.18 bits per heavy atom. The van der Waals surface area contributed by atoms with Gasteiger partial charge in [-0.25, -0.2) is 0 Å². The molecule has 5 atom stereocenters. The van der Waals surface area contributed by atoms with Crippen LogP contribution in [0.1, 0.15) is 31.7 Å². The summed E-state index contributed by atoms with van der Waals surface area (Å²) in [5.74, 6) is 1.56. The summed E-state index contributed by atoms with van der Waals surface area (Å²) in [6, 6.07) is 10.2. The van der Waals surface area contributed by atoms with Crippen molar-refractivity contribution in [2.24, 2.45) is 17.3 Å². The molecule has 2 heteroatoms. The lowest BCUT2D eigenvalue weighted by atomic mass is 9.52. The van der Waals surface area contributed by atoms with Gasteiger partial charge in [0.15, 0.2) is 0 Å². The highest BCUT2D eigenvalue weighted by molar-refractivity contribution is 5.58. The van der Waals surface area contributed by atoms with E-state index in [1.54, 1.807) is 0 Å². The summed E-state index contributed by atoms with van der Waals surface area (Å²) >= 11 is 0. The lowest BCUT2D eigenvalue weighted by molar-refractivity contribution is -0.00896. The Morgan fingerprint density at radius 1 is 1.32 bits per heavy atom. The van der Waals surface area contributed by atoms with Crippen LogP contribution in [0.2, 0.25) is 0 Å². The molecular formula is C20H26N2. The second kappa shape index (κ2) is 4.38. The van der Waals surface area contributed by atoms with E-state index in [1.807, 2.05) is 0 Å². The van der Waals surface area contributed by atoms with Crippen LogP contribution >= 0.6 is 0 Å². The number of benzene rings is 1. The van der Waals surface area contributed by atoms with Gasteiger partial charge in [-0.15, -0.1) is 0 Å². The molecule has 0 amide bonds. The molecule has 22 heavy (non-hydrogen) atoms. The van der Waals surface area contributed by atoms with Crippen molar-refractivity contribution < 1.29 is 0 Å². The summed E-state index contributed by atoms with van der Waals surface area (Å²) < 4.78 is 0. The third-order valence-electron chi connectivity index (χ3n) is 7.23. The third kappa shape index (κ3) is 1.45. The molecule has 0 radical (unpaired) electrons. The Bertz CT molecular complexity index is 636. The van der Waals surface area contributed by atoms with Crippen LogP contribution in [-0.4, -0.2) is 30.1 Å². The lowest BCUT2D eigenvalue weighted by Gasteiger charge is -2.60. The van der Waals surface area contributed by atoms with Crippen LogP contribution in [0.15, 0.2) is 36.4 Å². The van der Waals surface area contributed by atoms with Gasteiger partial charge in [0.1, 0.15) is 0 Å². The average Bonchev–Trinajstić information content (AvgIpc) is 2.94. The molecule has 1 saturated carbocycles. The van der Waals surface area contributed by atoms with E-state index in [-0.39, 0.29) is 0 Å². The number of anilines is 1. The largest absolute Gasteiger partial charge is 0.378 e. The Kier molecular flexibility index (Phi) is 2.63. The van der Waals surface area contributed by atoms with E-state index >= 15 is 0 Å². The number of para-hydroxylation sites is 1. The van der Waals surface area contributed by atoms with Crippen molar-refractivity contribution in [3.05, 3.63) is 42.0 Å². The van der Waals surface area contributed by atoms with E-state index < -0.39 is 0 Å². The van der Waals surface area contributed by atoms with E-state index in [2.05, 4.69) is 48.0 Å². The topological polar surface area (TPSA) is 15.3 Å². The first-order chi connectivity index (χ1) is 10.7. The van der Waals surface area contributed by atoms with Crippen molar-refractivity contribution in [3.8, 4) is 0 Å². The molecule has 4 aliphatic rings. The van der Waals surface area contributed by atoms with E-state index in [0.29, 0.717) is 11.5 Å². The quantitative estimate of drug-likeness (QED) is 0.795. The van der Waals surface area contributed by atoms with Crippen LogP contribution in [0.25, 0.3) is 0 Å². The minimum atomic E-state index is 0.392. The molecule has 2 bridgehead atoms. The van der Waals surface area contributed by atoms with E-state index in [4.69, 9.17) is 0 Å². The van der Waals surface area contributed by atoms with Gasteiger partial charge in [0.2, 0.25) is 0 Å². The fourth-order valence-electron chi connectivity index (χ4n) is 6.41. The van der Waals surface area contributed by atoms with Crippen LogP contribution in [0.4, 0.5) is 5.69 Å². The highest BCUT2D eigenvalue weighted by atomic mass is 15.2. The van der Waals surface area contributed by atoms with Crippen LogP contribution < -0.4 is 5.32 Å². The Hall–Kier alpha value is -1.28. The lowest BCUT2D eigenvalue weighted by Crippen LogP contribution is -2.64. The minimum absolute atomic E-state index is 0.392. The third-order valence-corrected chi connectivity index (χ3v) is 7.23. The van der Waals surface area contributed by atoms with Gasteiger partial charge in [-0.1, -0.05) is 43.7 Å². The SMILES string of the molecule is C=C1[C@H]2CCN3CC[C@@]4(Cc5ccccc5N[C@H]14)[C@H]3[C@@H]2CC. The standard InChI is InChI=1S/C20H26N2/c1-3-15-16-8-10-22-11-9-20(19(15)22)12-14-6-4-5-7-17(14)21-18(20)13(16)2/h4-7,15-16,18-19,21H,2-3,8-12H2,1H3/t15-,16-,18-,19-,20+/m1/s1. The molecule has 1 spiro atoms. The number of piperidine rings is 1. The van der Waals surface area contributed by atoms with Crippen molar-refractivity contribution in [2.45, 2.75) is 44.7 Å². The predicted octanol–water partition coefficient (Wildman–Crippen LogP) is 3.70. The van der Waals surface area contributed by atoms with Crippen molar-refractivity contribution in [1.29, 1.82) is 0 Å². The maximum absolute atomic E-state index is 4.62. The molecule has 3 aliphatic heterocycles. The van der Waals surface area contributed by atoms with Gasteiger partial charge >= 0.3 is 0 Å². The molecule has 2 saturated heterocycles. The Labute approximate surface area is 133 Å². The molecule has 3 fully saturated rings. The molecule has 1 N–H and O–H groups in total. The number of rotatable bonds is 1. The zero-order valence-electron chi connectivity index (χ0n) is 13.5. The molecule has 1 aromatic carbocycles. The highest BCUT2D eigenvalue weighted by Crippen LogP contribution is 2.60. The van der Waals surface area contributed by atoms with E-state index in [0.717, 1.165) is 17.9 Å². The van der Waals surface area contributed by atoms with E-state index in [1.165, 1.54) is 55.6 Å². The molecular weight excluding hydrogens is 268 g/mol. The maximum Gasteiger partial charge on any atom is 0.0549 e. The molecule has 5 rings (SSSR count). The molecule has 0 aromatic heterocycles. The van der Waals surface area contributed by atoms with Crippen molar-refractivity contribution >= 4 is 5.69 Å². The van der Waals surface area contributed by atoms with Gasteiger partial charge in [0.05, 0.1) is 6.04 Å². The van der Waals surface area contributed by atoms with Gasteiger partial charge in [-0.3, -0.25) is 4.90 Å².